The van der Waals surface area contributed by atoms with Gasteiger partial charge in [-0.05, 0) is 25.0 Å². The maximum absolute atomic E-state index is 12.4. The summed E-state index contributed by atoms with van der Waals surface area (Å²) in [4.78, 5) is 19.4. The predicted octanol–water partition coefficient (Wildman–Crippen LogP) is 2.51. The van der Waals surface area contributed by atoms with E-state index in [0.717, 1.165) is 22.8 Å². The summed E-state index contributed by atoms with van der Waals surface area (Å²) >= 11 is 1.90. The molecule has 138 valence electrons. The Morgan fingerprint density at radius 3 is 2.89 bits per heavy atom. The van der Waals surface area contributed by atoms with Crippen molar-refractivity contribution in [2.24, 2.45) is 0 Å². The number of nitrogens with two attached hydrogens (primary N) is 1. The van der Waals surface area contributed by atoms with Gasteiger partial charge < -0.3 is 15.3 Å². The van der Waals surface area contributed by atoms with Gasteiger partial charge in [0.05, 0.1) is 34.5 Å². The van der Waals surface area contributed by atoms with Crippen LogP contribution < -0.4 is 11.3 Å². The maximum atomic E-state index is 12.4. The molecule has 0 unspecified atom stereocenters. The average Bonchev–Trinajstić information content (AvgIpc) is 3.41. The molecule has 3 heterocycles. The molecule has 3 N–H and O–H groups in total. The van der Waals surface area contributed by atoms with Crippen molar-refractivity contribution in [2.45, 2.75) is 36.7 Å². The number of hydrogen-bond acceptors (Lipinski definition) is 6. The van der Waals surface area contributed by atoms with Gasteiger partial charge in [0, 0.05) is 17.6 Å². The molecule has 3 aromatic heterocycles. The van der Waals surface area contributed by atoms with E-state index in [0.29, 0.717) is 22.1 Å². The molecule has 27 heavy (non-hydrogen) atoms. The van der Waals surface area contributed by atoms with E-state index >= 15 is 0 Å². The van der Waals surface area contributed by atoms with E-state index in [1.54, 1.807) is 18.6 Å². The number of aromatic amines is 1. The molecule has 0 spiro atoms. The number of imidazole rings is 1. The molecule has 1 fully saturated rings. The van der Waals surface area contributed by atoms with Gasteiger partial charge in [-0.25, -0.2) is 4.98 Å². The lowest BCUT2D eigenvalue weighted by Gasteiger charge is -2.11. The first-order valence-corrected chi connectivity index (χ1v) is 10.0. The highest BCUT2D eigenvalue weighted by Gasteiger charge is 2.19. The Hall–Kier alpha value is -2.81. The van der Waals surface area contributed by atoms with Gasteiger partial charge in [-0.3, -0.25) is 9.20 Å². The summed E-state index contributed by atoms with van der Waals surface area (Å²) < 4.78 is 3.71. The van der Waals surface area contributed by atoms with Gasteiger partial charge in [0.2, 0.25) is 5.65 Å². The van der Waals surface area contributed by atoms with Crippen LogP contribution in [-0.4, -0.2) is 34.4 Å². The van der Waals surface area contributed by atoms with E-state index in [2.05, 4.69) is 20.2 Å². The van der Waals surface area contributed by atoms with Crippen LogP contribution in [0.3, 0.4) is 0 Å². The minimum absolute atomic E-state index is 0.262. The van der Waals surface area contributed by atoms with Crippen LogP contribution in [0.25, 0.3) is 22.4 Å². The second kappa shape index (κ2) is 6.41. The molecule has 9 heteroatoms. The summed E-state index contributed by atoms with van der Waals surface area (Å²) in [6, 6.07) is 3.72. The van der Waals surface area contributed by atoms with Crippen LogP contribution in [0.5, 0.6) is 0 Å². The maximum Gasteiger partial charge on any atom is 0.294 e. The summed E-state index contributed by atoms with van der Waals surface area (Å²) in [6.45, 7) is 0. The van der Waals surface area contributed by atoms with Gasteiger partial charge in [0.25, 0.3) is 5.56 Å². The van der Waals surface area contributed by atoms with E-state index in [1.807, 2.05) is 33.0 Å². The second-order valence-corrected chi connectivity index (χ2v) is 8.13. The molecule has 1 saturated carbocycles. The van der Waals surface area contributed by atoms with Crippen LogP contribution in [-0.2, 0) is 5.75 Å². The van der Waals surface area contributed by atoms with Crippen molar-refractivity contribution in [3.05, 3.63) is 47.0 Å². The van der Waals surface area contributed by atoms with Gasteiger partial charge in [-0.1, -0.05) is 12.8 Å². The number of nitrogen functional groups attached to an aromatic ring is 1. The highest BCUT2D eigenvalue weighted by atomic mass is 32.2. The first-order chi connectivity index (χ1) is 13.2. The molecule has 4 aromatic rings. The smallest absolute Gasteiger partial charge is 0.294 e. The first-order valence-electron chi connectivity index (χ1n) is 9.00. The third-order valence-electron chi connectivity index (χ3n) is 5.10. The molecular weight excluding hydrogens is 362 g/mol. The standard InChI is InChI=1S/C18H19N7OS/c19-12-7-13-15(8-14(12)24-6-5-20-10-24)25-16(9-27-11-3-1-2-4-11)22-23-17(25)18(26)21-13/h5-8,10-11H,1-4,9,19H2,(H,21,26). The number of fused-ring (bicyclic) bond motifs is 3. The Balaban J connectivity index is 1.68. The second-order valence-electron chi connectivity index (χ2n) is 6.84. The minimum Gasteiger partial charge on any atom is -0.397 e. The van der Waals surface area contributed by atoms with Crippen molar-refractivity contribution < 1.29 is 0 Å². The fraction of sp³-hybridized carbons (Fsp3) is 0.333. The number of thioether (sulfide) groups is 1. The van der Waals surface area contributed by atoms with Gasteiger partial charge in [-0.2, -0.15) is 11.8 Å². The molecule has 1 aliphatic rings. The Morgan fingerprint density at radius 2 is 2.11 bits per heavy atom. The number of hydrogen-bond donors (Lipinski definition) is 2. The van der Waals surface area contributed by atoms with Gasteiger partial charge in [-0.15, -0.1) is 10.2 Å². The quantitative estimate of drug-likeness (QED) is 0.526. The summed E-state index contributed by atoms with van der Waals surface area (Å²) in [5.74, 6) is 1.52. The first kappa shape index (κ1) is 16.4. The van der Waals surface area contributed by atoms with Crippen LogP contribution in [0, 0.1) is 0 Å². The Kier molecular flexibility index (Phi) is 3.89. The third-order valence-corrected chi connectivity index (χ3v) is 6.47. The topological polar surface area (TPSA) is 107 Å². The molecule has 0 atom stereocenters. The summed E-state index contributed by atoms with van der Waals surface area (Å²) in [5, 5.41) is 9.11. The van der Waals surface area contributed by atoms with Crippen molar-refractivity contribution in [1.82, 2.24) is 29.1 Å². The van der Waals surface area contributed by atoms with Crippen LogP contribution in [0.15, 0.2) is 35.6 Å². The van der Waals surface area contributed by atoms with Gasteiger partial charge >= 0.3 is 0 Å². The number of H-pyrrole nitrogens is 1. The molecule has 0 radical (unpaired) electrons. The monoisotopic (exact) mass is 381 g/mol. The molecule has 0 bridgehead atoms. The highest BCUT2D eigenvalue weighted by molar-refractivity contribution is 7.99. The fourth-order valence-corrected chi connectivity index (χ4v) is 4.98. The molecule has 8 nitrogen and oxygen atoms in total. The molecular formula is C18H19N7OS. The van der Waals surface area contributed by atoms with Crippen LogP contribution in [0.1, 0.15) is 31.5 Å². The van der Waals surface area contributed by atoms with Crippen molar-refractivity contribution in [1.29, 1.82) is 0 Å². The van der Waals surface area contributed by atoms with E-state index in [1.165, 1.54) is 25.7 Å². The van der Waals surface area contributed by atoms with E-state index in [9.17, 15) is 4.79 Å². The fourth-order valence-electron chi connectivity index (χ4n) is 3.74. The van der Waals surface area contributed by atoms with Crippen molar-refractivity contribution in [2.75, 3.05) is 5.73 Å². The summed E-state index contributed by atoms with van der Waals surface area (Å²) in [6.07, 6.45) is 10.3. The zero-order valence-electron chi connectivity index (χ0n) is 14.6. The van der Waals surface area contributed by atoms with E-state index in [-0.39, 0.29) is 5.56 Å². The summed E-state index contributed by atoms with van der Waals surface area (Å²) in [7, 11) is 0. The normalized spacial score (nSPS) is 15.3. The third kappa shape index (κ3) is 2.78. The van der Waals surface area contributed by atoms with Crippen molar-refractivity contribution in [3.8, 4) is 5.69 Å². The van der Waals surface area contributed by atoms with E-state index < -0.39 is 0 Å². The largest absolute Gasteiger partial charge is 0.397 e. The minimum atomic E-state index is -0.262. The van der Waals surface area contributed by atoms with Gasteiger partial charge in [0.1, 0.15) is 5.82 Å². The number of nitrogens with zero attached hydrogens (tertiary/aromatic N) is 5. The number of nitrogens with one attached hydrogen (secondary N) is 1. The average molecular weight is 381 g/mol. The van der Waals surface area contributed by atoms with Crippen molar-refractivity contribution in [3.63, 3.8) is 0 Å². The van der Waals surface area contributed by atoms with E-state index in [4.69, 9.17) is 5.73 Å². The zero-order valence-corrected chi connectivity index (χ0v) is 15.4. The number of benzene rings is 1. The lowest BCUT2D eigenvalue weighted by molar-refractivity contribution is 0.886. The van der Waals surface area contributed by atoms with Crippen LogP contribution in [0.2, 0.25) is 0 Å². The molecule has 5 rings (SSSR count). The molecule has 0 saturated heterocycles. The SMILES string of the molecule is Nc1cc2[nH]c(=O)c3nnc(CSC4CCCC4)n3c2cc1-n1ccnc1. The Labute approximate surface area is 158 Å². The molecule has 1 aromatic carbocycles. The number of anilines is 1. The predicted molar refractivity (Wildman–Crippen MR) is 106 cm³/mol. The van der Waals surface area contributed by atoms with Gasteiger partial charge in [0.15, 0.2) is 0 Å². The lowest BCUT2D eigenvalue weighted by Crippen LogP contribution is -2.13. The number of rotatable bonds is 4. The zero-order chi connectivity index (χ0) is 18.4. The van der Waals surface area contributed by atoms with Crippen LogP contribution in [0.4, 0.5) is 5.69 Å². The number of aromatic nitrogens is 6. The Bertz CT molecular complexity index is 1170. The summed E-state index contributed by atoms with van der Waals surface area (Å²) in [5.41, 5.74) is 9.12. The highest BCUT2D eigenvalue weighted by Crippen LogP contribution is 2.32. The Morgan fingerprint density at radius 1 is 1.26 bits per heavy atom. The molecule has 0 aliphatic heterocycles. The van der Waals surface area contributed by atoms with Crippen LogP contribution >= 0.6 is 11.8 Å². The molecule has 0 amide bonds. The lowest BCUT2D eigenvalue weighted by atomic mass is 10.2. The van der Waals surface area contributed by atoms with Crippen molar-refractivity contribution >= 4 is 34.1 Å². The molecule has 1 aliphatic carbocycles.